The summed E-state index contributed by atoms with van der Waals surface area (Å²) in [5.41, 5.74) is 0. The Hall–Kier alpha value is 0.458. The van der Waals surface area contributed by atoms with Gasteiger partial charge >= 0.3 is 28.2 Å². The van der Waals surface area contributed by atoms with Gasteiger partial charge in [0.1, 0.15) is 0 Å². The van der Waals surface area contributed by atoms with Crippen molar-refractivity contribution in [1.29, 1.82) is 0 Å². The molecule has 42 valence electrons. The van der Waals surface area contributed by atoms with Gasteiger partial charge in [0, 0.05) is 6.42 Å². The first kappa shape index (κ1) is 7.46. The summed E-state index contributed by atoms with van der Waals surface area (Å²) in [6.07, 6.45) is 10.0. The fourth-order valence-electron chi connectivity index (χ4n) is 0.321. The number of hydrogen-bond acceptors (Lipinski definition) is 0. The van der Waals surface area contributed by atoms with Gasteiger partial charge in [-0.3, -0.25) is 0 Å². The quantitative estimate of drug-likeness (QED) is 0.641. The summed E-state index contributed by atoms with van der Waals surface area (Å²) < 4.78 is 0. The molecule has 0 bridgehead atoms. The van der Waals surface area contributed by atoms with Gasteiger partial charge in [-0.2, -0.15) is 0 Å². The zero-order valence-electron chi connectivity index (χ0n) is 3.58. The number of hydrogen-bond donors (Lipinski definition) is 0. The van der Waals surface area contributed by atoms with E-state index in [1.54, 1.807) is 18.8 Å². The molecule has 2 heteroatoms. The average Bonchev–Trinajstić information content (AvgIpc) is 2.23. The molecule has 0 spiro atoms. The second kappa shape index (κ2) is 6.46. The van der Waals surface area contributed by atoms with Crippen LogP contribution in [0.25, 0.3) is 0 Å². The predicted molar refractivity (Wildman–Crippen MR) is 28.4 cm³/mol. The first-order chi connectivity index (χ1) is 3.50. The van der Waals surface area contributed by atoms with Crippen molar-refractivity contribution in [3.05, 3.63) is 30.7 Å². The molecule has 0 amide bonds. The van der Waals surface area contributed by atoms with Crippen LogP contribution >= 0.6 is 9.42 Å². The molecule has 0 N–H and O–H groups in total. The van der Waals surface area contributed by atoms with E-state index < -0.39 is 0 Å². The molecule has 0 nitrogen and oxygen atoms in total. The molecule has 1 radical (unpaired) electrons. The van der Waals surface area contributed by atoms with Gasteiger partial charge in [0.25, 0.3) is 0 Å². The molecule has 0 unspecified atom stereocenters. The summed E-state index contributed by atoms with van der Waals surface area (Å²) in [5.74, 6) is 0. The normalized spacial score (nSPS) is 13.6. The van der Waals surface area contributed by atoms with Gasteiger partial charge < -0.3 is 0 Å². The van der Waals surface area contributed by atoms with Gasteiger partial charge in [-0.15, -0.1) is 0 Å². The molecule has 0 aliphatic heterocycles. The summed E-state index contributed by atoms with van der Waals surface area (Å²) in [6, 6.07) is 0. The molecule has 0 saturated heterocycles. The standard InChI is InChI=1S/C5H5.ClH.Pt/c1-2-4-5-3-1;;/h1-5H;1H;/q;;+1/p-1. The summed E-state index contributed by atoms with van der Waals surface area (Å²) in [4.78, 5) is 0. The summed E-state index contributed by atoms with van der Waals surface area (Å²) in [5, 5.41) is 0. The Balaban J connectivity index is 0.000000162. The maximum atomic E-state index is 4.61. The first-order valence-corrected chi connectivity index (χ1v) is 4.60. The molecular formula is C5H5ClPt. The Morgan fingerprint density at radius 2 is 1.29 bits per heavy atom. The van der Waals surface area contributed by atoms with Gasteiger partial charge in [-0.25, -0.2) is 0 Å². The van der Waals surface area contributed by atoms with Crippen molar-refractivity contribution in [2.45, 2.75) is 0 Å². The second-order valence-electron chi connectivity index (χ2n) is 0.962. The number of halogens is 1. The Bertz CT molecular complexity index is 66.1. The summed E-state index contributed by atoms with van der Waals surface area (Å²) in [6.45, 7) is 0. The fourth-order valence-corrected chi connectivity index (χ4v) is 0.321. The Morgan fingerprint density at radius 3 is 1.43 bits per heavy atom. The van der Waals surface area contributed by atoms with Crippen molar-refractivity contribution in [2.75, 3.05) is 0 Å². The fraction of sp³-hybridized carbons (Fsp3) is 0. The number of allylic oxidation sites excluding steroid dienone is 4. The van der Waals surface area contributed by atoms with Crippen LogP contribution in [-0.4, -0.2) is 0 Å². The first-order valence-electron chi connectivity index (χ1n) is 1.79. The van der Waals surface area contributed by atoms with Crippen LogP contribution in [0.5, 0.6) is 0 Å². The molecule has 0 aromatic rings. The third kappa shape index (κ3) is 4.31. The maximum absolute atomic E-state index is 4.61. The summed E-state index contributed by atoms with van der Waals surface area (Å²) >= 11 is 1.61. The third-order valence-electron chi connectivity index (χ3n) is 0.556. The minimum atomic E-state index is 1.61. The average molecular weight is 296 g/mol. The van der Waals surface area contributed by atoms with Gasteiger partial charge in [-0.05, 0) is 0 Å². The monoisotopic (exact) mass is 295 g/mol. The SMILES string of the molecule is [CH]1C=CC=C1.[Cl][Pt]. The molecule has 1 aliphatic rings. The van der Waals surface area contributed by atoms with E-state index in [9.17, 15) is 0 Å². The third-order valence-corrected chi connectivity index (χ3v) is 0.556. The van der Waals surface area contributed by atoms with Crippen molar-refractivity contribution in [2.24, 2.45) is 0 Å². The molecular weight excluding hydrogens is 291 g/mol. The van der Waals surface area contributed by atoms with Crippen LogP contribution < -0.4 is 0 Å². The molecule has 0 aromatic carbocycles. The van der Waals surface area contributed by atoms with Gasteiger partial charge in [0.05, 0.1) is 0 Å². The van der Waals surface area contributed by atoms with Gasteiger partial charge in [-0.1, -0.05) is 24.3 Å². The molecule has 0 atom stereocenters. The predicted octanol–water partition coefficient (Wildman–Crippen LogP) is 2.00. The Labute approximate surface area is 59.1 Å². The zero-order valence-corrected chi connectivity index (χ0v) is 6.61. The second-order valence-corrected chi connectivity index (χ2v) is 0.962. The van der Waals surface area contributed by atoms with E-state index in [4.69, 9.17) is 0 Å². The van der Waals surface area contributed by atoms with Gasteiger partial charge in [0.2, 0.25) is 0 Å². The van der Waals surface area contributed by atoms with Crippen LogP contribution in [0.4, 0.5) is 0 Å². The van der Waals surface area contributed by atoms with E-state index in [1.165, 1.54) is 0 Å². The van der Waals surface area contributed by atoms with E-state index in [2.05, 4.69) is 9.42 Å². The Kier molecular flexibility index (Phi) is 6.88. The molecule has 0 fully saturated rings. The molecule has 0 aromatic heterocycles. The summed E-state index contributed by atoms with van der Waals surface area (Å²) in [7, 11) is 4.61. The topological polar surface area (TPSA) is 0 Å². The Morgan fingerprint density at radius 1 is 0.857 bits per heavy atom. The van der Waals surface area contributed by atoms with Crippen molar-refractivity contribution in [1.82, 2.24) is 0 Å². The van der Waals surface area contributed by atoms with E-state index in [1.807, 2.05) is 30.7 Å². The zero-order chi connectivity index (χ0) is 5.54. The van der Waals surface area contributed by atoms with Crippen molar-refractivity contribution >= 4 is 9.42 Å². The van der Waals surface area contributed by atoms with E-state index in [-0.39, 0.29) is 0 Å². The molecule has 1 aliphatic carbocycles. The molecule has 0 heterocycles. The van der Waals surface area contributed by atoms with Crippen LogP contribution in [-0.2, 0) is 18.8 Å². The van der Waals surface area contributed by atoms with Gasteiger partial charge in [0.15, 0.2) is 0 Å². The van der Waals surface area contributed by atoms with Crippen LogP contribution in [0, 0.1) is 6.42 Å². The van der Waals surface area contributed by atoms with E-state index in [0.717, 1.165) is 0 Å². The number of rotatable bonds is 0. The van der Waals surface area contributed by atoms with Crippen molar-refractivity contribution in [3.63, 3.8) is 0 Å². The van der Waals surface area contributed by atoms with Crippen LogP contribution in [0.15, 0.2) is 24.3 Å². The minimum absolute atomic E-state index is 1.61. The molecule has 0 saturated carbocycles. The van der Waals surface area contributed by atoms with Crippen LogP contribution in [0.1, 0.15) is 0 Å². The van der Waals surface area contributed by atoms with E-state index >= 15 is 0 Å². The molecule has 7 heavy (non-hydrogen) atoms. The van der Waals surface area contributed by atoms with Crippen LogP contribution in [0.2, 0.25) is 0 Å². The van der Waals surface area contributed by atoms with Crippen molar-refractivity contribution < 1.29 is 18.8 Å². The van der Waals surface area contributed by atoms with Crippen LogP contribution in [0.3, 0.4) is 0 Å². The van der Waals surface area contributed by atoms with E-state index in [0.29, 0.717) is 0 Å². The van der Waals surface area contributed by atoms with Crippen molar-refractivity contribution in [3.8, 4) is 0 Å². The molecule has 1 rings (SSSR count).